The first-order chi connectivity index (χ1) is 8.83. The lowest BCUT2D eigenvalue weighted by Crippen LogP contribution is -2.44. The van der Waals surface area contributed by atoms with Crippen LogP contribution in [0.4, 0.5) is 5.13 Å². The summed E-state index contributed by atoms with van der Waals surface area (Å²) < 4.78 is 0. The largest absolute Gasteiger partial charge is 0.345 e. The molecule has 1 aliphatic heterocycles. The first kappa shape index (κ1) is 11.7. The molecule has 3 rings (SSSR count). The van der Waals surface area contributed by atoms with Gasteiger partial charge in [-0.3, -0.25) is 0 Å². The first-order valence-corrected chi connectivity index (χ1v) is 7.02. The first-order valence-electron chi connectivity index (χ1n) is 6.20. The fourth-order valence-electron chi connectivity index (χ4n) is 2.09. The van der Waals surface area contributed by atoms with Crippen molar-refractivity contribution < 1.29 is 0 Å². The van der Waals surface area contributed by atoms with Gasteiger partial charge in [-0.1, -0.05) is 41.7 Å². The highest BCUT2D eigenvalue weighted by atomic mass is 32.1. The van der Waals surface area contributed by atoms with Crippen LogP contribution in [-0.2, 0) is 0 Å². The molecular weight excluding hydrogens is 242 g/mol. The molecule has 93 valence electrons. The third-order valence-corrected chi connectivity index (χ3v) is 4.09. The standard InChI is InChI=1S/C14H16N3S/c1-16-7-9-17(10-8-16)14-15-13(11-18-14)12-5-3-2-4-6-12/h2-6H,7-10H2,1H3. The second-order valence-electron chi connectivity index (χ2n) is 4.60. The Balaban J connectivity index is 1.78. The second kappa shape index (κ2) is 5.08. The van der Waals surface area contributed by atoms with Crippen molar-refractivity contribution >= 4 is 16.5 Å². The monoisotopic (exact) mass is 258 g/mol. The van der Waals surface area contributed by atoms with Crippen LogP contribution < -0.4 is 4.90 Å². The van der Waals surface area contributed by atoms with Crippen molar-refractivity contribution in [1.82, 2.24) is 9.88 Å². The highest BCUT2D eigenvalue weighted by Gasteiger charge is 2.17. The molecule has 1 saturated heterocycles. The van der Waals surface area contributed by atoms with Gasteiger partial charge in [-0.15, -0.1) is 0 Å². The number of rotatable bonds is 2. The van der Waals surface area contributed by atoms with E-state index in [2.05, 4.69) is 34.4 Å². The SMILES string of the molecule is CN1CCN(c2nc(-c3ccccc3)[c]s2)CC1. The number of piperazine rings is 1. The Morgan fingerprint density at radius 3 is 2.56 bits per heavy atom. The Morgan fingerprint density at radius 2 is 1.83 bits per heavy atom. The Morgan fingerprint density at radius 1 is 1.11 bits per heavy atom. The van der Waals surface area contributed by atoms with Crippen LogP contribution in [0.5, 0.6) is 0 Å². The fraction of sp³-hybridized carbons (Fsp3) is 0.357. The van der Waals surface area contributed by atoms with E-state index in [1.54, 1.807) is 11.3 Å². The maximum Gasteiger partial charge on any atom is 0.186 e. The molecule has 0 saturated carbocycles. The zero-order valence-electron chi connectivity index (χ0n) is 10.5. The van der Waals surface area contributed by atoms with Crippen molar-refractivity contribution in [2.45, 2.75) is 0 Å². The summed E-state index contributed by atoms with van der Waals surface area (Å²) in [5.41, 5.74) is 2.11. The summed E-state index contributed by atoms with van der Waals surface area (Å²) in [6.07, 6.45) is 0. The van der Waals surface area contributed by atoms with Gasteiger partial charge in [0.25, 0.3) is 0 Å². The van der Waals surface area contributed by atoms with Crippen molar-refractivity contribution in [3.63, 3.8) is 0 Å². The van der Waals surface area contributed by atoms with Crippen LogP contribution in [0.3, 0.4) is 0 Å². The summed E-state index contributed by atoms with van der Waals surface area (Å²) in [6, 6.07) is 10.3. The highest BCUT2D eigenvalue weighted by molar-refractivity contribution is 7.13. The lowest BCUT2D eigenvalue weighted by atomic mass is 10.2. The number of likely N-dealkylation sites (N-methyl/N-ethyl adjacent to an activating group) is 1. The molecule has 4 heteroatoms. The molecule has 0 aliphatic carbocycles. The number of hydrogen-bond acceptors (Lipinski definition) is 4. The number of nitrogens with zero attached hydrogens (tertiary/aromatic N) is 3. The van der Waals surface area contributed by atoms with E-state index in [9.17, 15) is 0 Å². The molecule has 1 radical (unpaired) electrons. The Labute approximate surface area is 112 Å². The highest BCUT2D eigenvalue weighted by Crippen LogP contribution is 2.27. The molecule has 0 unspecified atom stereocenters. The Bertz CT molecular complexity index is 501. The quantitative estimate of drug-likeness (QED) is 0.824. The van der Waals surface area contributed by atoms with Crippen LogP contribution in [0, 0.1) is 5.38 Å². The minimum absolute atomic E-state index is 0.967. The number of thiazole rings is 1. The summed E-state index contributed by atoms with van der Waals surface area (Å²) in [5, 5.41) is 4.40. The Hall–Kier alpha value is -1.39. The van der Waals surface area contributed by atoms with Gasteiger partial charge in [0, 0.05) is 31.7 Å². The summed E-state index contributed by atoms with van der Waals surface area (Å²) in [4.78, 5) is 9.41. The van der Waals surface area contributed by atoms with E-state index in [-0.39, 0.29) is 0 Å². The van der Waals surface area contributed by atoms with Gasteiger partial charge in [0.05, 0.1) is 11.1 Å². The molecule has 1 fully saturated rings. The van der Waals surface area contributed by atoms with Crippen LogP contribution >= 0.6 is 11.3 Å². The second-order valence-corrected chi connectivity index (χ2v) is 5.38. The molecule has 0 atom stereocenters. The van der Waals surface area contributed by atoms with E-state index in [4.69, 9.17) is 4.98 Å². The fourth-order valence-corrected chi connectivity index (χ4v) is 2.89. The lowest BCUT2D eigenvalue weighted by molar-refractivity contribution is 0.313. The summed E-state index contributed by atoms with van der Waals surface area (Å²) in [5.74, 6) is 0. The van der Waals surface area contributed by atoms with Crippen LogP contribution in [-0.4, -0.2) is 43.1 Å². The van der Waals surface area contributed by atoms with Crippen molar-refractivity contribution in [2.24, 2.45) is 0 Å². The van der Waals surface area contributed by atoms with E-state index < -0.39 is 0 Å². The minimum Gasteiger partial charge on any atom is -0.345 e. The maximum atomic E-state index is 4.70. The molecular formula is C14H16N3S. The number of hydrogen-bond donors (Lipinski definition) is 0. The van der Waals surface area contributed by atoms with E-state index >= 15 is 0 Å². The summed E-state index contributed by atoms with van der Waals surface area (Å²) in [7, 11) is 2.17. The molecule has 1 aromatic heterocycles. The third kappa shape index (κ3) is 2.40. The van der Waals surface area contributed by atoms with Crippen LogP contribution in [0.2, 0.25) is 0 Å². The topological polar surface area (TPSA) is 19.4 Å². The lowest BCUT2D eigenvalue weighted by Gasteiger charge is -2.32. The van der Waals surface area contributed by atoms with Gasteiger partial charge >= 0.3 is 0 Å². The van der Waals surface area contributed by atoms with Gasteiger partial charge in [0.1, 0.15) is 0 Å². The average molecular weight is 258 g/mol. The molecule has 1 aliphatic rings. The zero-order chi connectivity index (χ0) is 12.4. The number of anilines is 1. The van der Waals surface area contributed by atoms with E-state index in [1.807, 2.05) is 18.2 Å². The van der Waals surface area contributed by atoms with Crippen LogP contribution in [0.1, 0.15) is 0 Å². The molecule has 0 spiro atoms. The van der Waals surface area contributed by atoms with E-state index in [1.165, 1.54) is 0 Å². The van der Waals surface area contributed by atoms with Crippen molar-refractivity contribution in [3.8, 4) is 11.3 Å². The molecule has 18 heavy (non-hydrogen) atoms. The molecule has 2 heterocycles. The van der Waals surface area contributed by atoms with Gasteiger partial charge in [-0.05, 0) is 7.05 Å². The molecule has 0 amide bonds. The molecule has 3 nitrogen and oxygen atoms in total. The van der Waals surface area contributed by atoms with Crippen molar-refractivity contribution in [1.29, 1.82) is 0 Å². The van der Waals surface area contributed by atoms with Gasteiger partial charge in [0.2, 0.25) is 0 Å². The molecule has 1 aromatic carbocycles. The molecule has 0 N–H and O–H groups in total. The maximum absolute atomic E-state index is 4.70. The zero-order valence-corrected chi connectivity index (χ0v) is 11.3. The normalized spacial score (nSPS) is 17.1. The number of benzene rings is 1. The predicted octanol–water partition coefficient (Wildman–Crippen LogP) is 2.36. The van der Waals surface area contributed by atoms with Crippen molar-refractivity contribution in [3.05, 3.63) is 35.7 Å². The molecule has 0 bridgehead atoms. The van der Waals surface area contributed by atoms with Crippen LogP contribution in [0.15, 0.2) is 30.3 Å². The van der Waals surface area contributed by atoms with Crippen LogP contribution in [0.25, 0.3) is 11.3 Å². The molecule has 2 aromatic rings. The summed E-state index contributed by atoms with van der Waals surface area (Å²) in [6.45, 7) is 4.35. The Kier molecular flexibility index (Phi) is 3.30. The summed E-state index contributed by atoms with van der Waals surface area (Å²) >= 11 is 1.62. The van der Waals surface area contributed by atoms with Gasteiger partial charge in [-0.2, -0.15) is 0 Å². The van der Waals surface area contributed by atoms with E-state index in [0.717, 1.165) is 42.6 Å². The number of aromatic nitrogens is 1. The third-order valence-electron chi connectivity index (χ3n) is 3.27. The van der Waals surface area contributed by atoms with E-state index in [0.29, 0.717) is 0 Å². The van der Waals surface area contributed by atoms with Gasteiger partial charge < -0.3 is 9.80 Å². The van der Waals surface area contributed by atoms with Gasteiger partial charge in [0.15, 0.2) is 5.13 Å². The van der Waals surface area contributed by atoms with Gasteiger partial charge in [-0.25, -0.2) is 4.98 Å². The predicted molar refractivity (Wildman–Crippen MR) is 76.1 cm³/mol. The average Bonchev–Trinajstić information content (AvgIpc) is 2.90. The minimum atomic E-state index is 0.967. The van der Waals surface area contributed by atoms with Crippen molar-refractivity contribution in [2.75, 3.05) is 38.1 Å². The smallest absolute Gasteiger partial charge is 0.186 e.